The summed E-state index contributed by atoms with van der Waals surface area (Å²) >= 11 is 0. The molecule has 1 aromatic carbocycles. The maximum absolute atomic E-state index is 12.9. The van der Waals surface area contributed by atoms with Gasteiger partial charge in [-0.25, -0.2) is 4.39 Å². The lowest BCUT2D eigenvalue weighted by Crippen LogP contribution is -2.34. The summed E-state index contributed by atoms with van der Waals surface area (Å²) in [6, 6.07) is 6.19. The summed E-state index contributed by atoms with van der Waals surface area (Å²) in [5.41, 5.74) is 0.957. The minimum Gasteiger partial charge on any atom is -0.481 e. The summed E-state index contributed by atoms with van der Waals surface area (Å²) in [5, 5.41) is 11.9. The fourth-order valence-corrected chi connectivity index (χ4v) is 2.76. The lowest BCUT2D eigenvalue weighted by Gasteiger charge is -2.15. The number of carboxylic acid groups (broad SMARTS) is 1. The molecule has 1 fully saturated rings. The van der Waals surface area contributed by atoms with Gasteiger partial charge in [0.25, 0.3) is 0 Å². The van der Waals surface area contributed by atoms with Crippen LogP contribution in [0.15, 0.2) is 24.3 Å². The van der Waals surface area contributed by atoms with Crippen molar-refractivity contribution in [3.63, 3.8) is 0 Å². The molecule has 0 heterocycles. The number of rotatable bonds is 7. The van der Waals surface area contributed by atoms with Crippen LogP contribution in [0, 0.1) is 23.6 Å². The average Bonchev–Trinajstić information content (AvgIpc) is 3.23. The molecule has 0 aromatic heterocycles. The van der Waals surface area contributed by atoms with Crippen molar-refractivity contribution in [1.82, 2.24) is 5.32 Å². The maximum atomic E-state index is 12.9. The standard InChI is InChI=1S/C17H22FNO3/c1-10(2)7-12(17(21)22)9-19-16(20)15-8-14(15)11-3-5-13(18)6-4-11/h3-6,10,12,14-15H,7-9H2,1-2H3,(H,19,20)(H,21,22). The maximum Gasteiger partial charge on any atom is 0.308 e. The van der Waals surface area contributed by atoms with Gasteiger partial charge in [0.2, 0.25) is 5.91 Å². The molecule has 3 unspecified atom stereocenters. The van der Waals surface area contributed by atoms with E-state index in [2.05, 4.69) is 5.32 Å². The van der Waals surface area contributed by atoms with Gasteiger partial charge in [-0.1, -0.05) is 26.0 Å². The van der Waals surface area contributed by atoms with E-state index in [9.17, 15) is 14.0 Å². The van der Waals surface area contributed by atoms with Gasteiger partial charge in [0.15, 0.2) is 0 Å². The minimum absolute atomic E-state index is 0.107. The third-order valence-corrected chi connectivity index (χ3v) is 4.05. The molecule has 4 nitrogen and oxygen atoms in total. The topological polar surface area (TPSA) is 66.4 Å². The normalized spacial score (nSPS) is 21.5. The number of nitrogens with one attached hydrogen (secondary N) is 1. The second-order valence-electron chi connectivity index (χ2n) is 6.41. The Labute approximate surface area is 129 Å². The molecule has 2 rings (SSSR count). The molecule has 1 amide bonds. The Morgan fingerprint density at radius 1 is 1.32 bits per heavy atom. The van der Waals surface area contributed by atoms with Crippen molar-refractivity contribution in [2.75, 3.05) is 6.54 Å². The largest absolute Gasteiger partial charge is 0.481 e. The van der Waals surface area contributed by atoms with E-state index in [1.54, 1.807) is 12.1 Å². The van der Waals surface area contributed by atoms with E-state index >= 15 is 0 Å². The zero-order valence-electron chi connectivity index (χ0n) is 12.9. The van der Waals surface area contributed by atoms with Crippen molar-refractivity contribution >= 4 is 11.9 Å². The second kappa shape index (κ2) is 6.90. The molecule has 1 aliphatic rings. The van der Waals surface area contributed by atoms with E-state index < -0.39 is 11.9 Å². The number of benzene rings is 1. The first-order chi connectivity index (χ1) is 10.4. The SMILES string of the molecule is CC(C)CC(CNC(=O)C1CC1c1ccc(F)cc1)C(=O)O. The predicted octanol–water partition coefficient (Wildman–Crippen LogP) is 2.79. The predicted molar refractivity (Wildman–Crippen MR) is 80.8 cm³/mol. The van der Waals surface area contributed by atoms with Crippen LogP contribution in [0.2, 0.25) is 0 Å². The molecule has 5 heteroatoms. The molecule has 3 atom stereocenters. The van der Waals surface area contributed by atoms with Crippen molar-refractivity contribution in [2.24, 2.45) is 17.8 Å². The van der Waals surface area contributed by atoms with Gasteiger partial charge in [0.1, 0.15) is 5.82 Å². The van der Waals surface area contributed by atoms with E-state index in [4.69, 9.17) is 5.11 Å². The van der Waals surface area contributed by atoms with Crippen molar-refractivity contribution in [1.29, 1.82) is 0 Å². The number of carbonyl (C=O) groups is 2. The van der Waals surface area contributed by atoms with Gasteiger partial charge in [0.05, 0.1) is 5.92 Å². The third kappa shape index (κ3) is 4.29. The number of hydrogen-bond donors (Lipinski definition) is 2. The van der Waals surface area contributed by atoms with Gasteiger partial charge in [-0.15, -0.1) is 0 Å². The molecule has 1 aromatic rings. The van der Waals surface area contributed by atoms with E-state index in [1.807, 2.05) is 13.8 Å². The molecule has 0 saturated heterocycles. The highest BCUT2D eigenvalue weighted by molar-refractivity contribution is 5.83. The van der Waals surface area contributed by atoms with Crippen molar-refractivity contribution < 1.29 is 19.1 Å². The van der Waals surface area contributed by atoms with Crippen LogP contribution in [-0.2, 0) is 9.59 Å². The van der Waals surface area contributed by atoms with Crippen LogP contribution >= 0.6 is 0 Å². The summed E-state index contributed by atoms with van der Waals surface area (Å²) in [6.07, 6.45) is 1.28. The molecule has 2 N–H and O–H groups in total. The first kappa shape index (κ1) is 16.5. The lowest BCUT2D eigenvalue weighted by atomic mass is 9.97. The Bertz CT molecular complexity index is 541. The highest BCUT2D eigenvalue weighted by Crippen LogP contribution is 2.47. The van der Waals surface area contributed by atoms with Gasteiger partial charge in [-0.2, -0.15) is 0 Å². The quantitative estimate of drug-likeness (QED) is 0.814. The minimum atomic E-state index is -0.875. The Morgan fingerprint density at radius 3 is 2.50 bits per heavy atom. The molecule has 120 valence electrons. The second-order valence-corrected chi connectivity index (χ2v) is 6.41. The zero-order valence-corrected chi connectivity index (χ0v) is 12.9. The van der Waals surface area contributed by atoms with Crippen molar-refractivity contribution in [2.45, 2.75) is 32.6 Å². The third-order valence-electron chi connectivity index (χ3n) is 4.05. The van der Waals surface area contributed by atoms with Crippen LogP contribution in [0.25, 0.3) is 0 Å². The molecule has 0 radical (unpaired) electrons. The van der Waals surface area contributed by atoms with Crippen LogP contribution < -0.4 is 5.32 Å². The number of hydrogen-bond acceptors (Lipinski definition) is 2. The number of aliphatic carboxylic acids is 1. The average molecular weight is 307 g/mol. The van der Waals surface area contributed by atoms with Gasteiger partial charge in [0, 0.05) is 12.5 Å². The Hall–Kier alpha value is -1.91. The fraction of sp³-hybridized carbons (Fsp3) is 0.529. The molecule has 0 spiro atoms. The van der Waals surface area contributed by atoms with E-state index in [1.165, 1.54) is 12.1 Å². The summed E-state index contributed by atoms with van der Waals surface area (Å²) in [4.78, 5) is 23.3. The highest BCUT2D eigenvalue weighted by Gasteiger charge is 2.43. The van der Waals surface area contributed by atoms with Crippen molar-refractivity contribution in [3.05, 3.63) is 35.6 Å². The Balaban J connectivity index is 1.83. The number of carboxylic acids is 1. The highest BCUT2D eigenvalue weighted by atomic mass is 19.1. The van der Waals surface area contributed by atoms with Crippen LogP contribution in [0.4, 0.5) is 4.39 Å². The number of carbonyl (C=O) groups excluding carboxylic acids is 1. The summed E-state index contributed by atoms with van der Waals surface area (Å²) < 4.78 is 12.9. The Morgan fingerprint density at radius 2 is 1.95 bits per heavy atom. The van der Waals surface area contributed by atoms with Gasteiger partial charge >= 0.3 is 5.97 Å². The Kier molecular flexibility index (Phi) is 5.16. The molecular formula is C17H22FNO3. The summed E-state index contributed by atoms with van der Waals surface area (Å²) in [5.74, 6) is -1.56. The molecule has 0 bridgehead atoms. The monoisotopic (exact) mass is 307 g/mol. The molecule has 1 aliphatic carbocycles. The summed E-state index contributed by atoms with van der Waals surface area (Å²) in [7, 11) is 0. The summed E-state index contributed by atoms with van der Waals surface area (Å²) in [6.45, 7) is 4.09. The van der Waals surface area contributed by atoms with Gasteiger partial charge in [-0.3, -0.25) is 9.59 Å². The van der Waals surface area contributed by atoms with Crippen LogP contribution in [0.3, 0.4) is 0 Å². The van der Waals surface area contributed by atoms with Gasteiger partial charge in [-0.05, 0) is 42.4 Å². The fourth-order valence-electron chi connectivity index (χ4n) is 2.76. The van der Waals surface area contributed by atoms with E-state index in [-0.39, 0.29) is 36.0 Å². The van der Waals surface area contributed by atoms with Crippen LogP contribution in [0.5, 0.6) is 0 Å². The number of amides is 1. The first-order valence-corrected chi connectivity index (χ1v) is 7.64. The number of halogens is 1. The first-order valence-electron chi connectivity index (χ1n) is 7.64. The van der Waals surface area contributed by atoms with Crippen LogP contribution in [0.1, 0.15) is 38.2 Å². The molecule has 22 heavy (non-hydrogen) atoms. The zero-order chi connectivity index (χ0) is 16.3. The molecule has 1 saturated carbocycles. The smallest absolute Gasteiger partial charge is 0.308 e. The molecule has 0 aliphatic heterocycles. The van der Waals surface area contributed by atoms with E-state index in [0.717, 1.165) is 12.0 Å². The van der Waals surface area contributed by atoms with Gasteiger partial charge < -0.3 is 10.4 Å². The lowest BCUT2D eigenvalue weighted by molar-refractivity contribution is -0.142. The van der Waals surface area contributed by atoms with Crippen molar-refractivity contribution in [3.8, 4) is 0 Å². The molecular weight excluding hydrogens is 285 g/mol. The van der Waals surface area contributed by atoms with E-state index in [0.29, 0.717) is 6.42 Å². The van der Waals surface area contributed by atoms with Crippen LogP contribution in [-0.4, -0.2) is 23.5 Å².